The molecule has 40 heavy (non-hydrogen) atoms. The summed E-state index contributed by atoms with van der Waals surface area (Å²) < 4.78 is 12.1. The predicted molar refractivity (Wildman–Crippen MR) is 169 cm³/mol. The fourth-order valence-electron chi connectivity index (χ4n) is 5.18. The Morgan fingerprint density at radius 3 is 2.55 bits per heavy atom. The van der Waals surface area contributed by atoms with Crippen LogP contribution in [0.3, 0.4) is 0 Å². The SMILES string of the molecule is COc1cc(Nc2ncc(Br)c(Nc3ccc4nc(C5CC5)ccc4c3P(C)C)n2)c(C)cc1N1CCOCC1. The molecule has 0 radical (unpaired) electrons. The molecule has 2 N–H and O–H groups in total. The first-order chi connectivity index (χ1) is 19.4. The lowest BCUT2D eigenvalue weighted by Gasteiger charge is -2.30. The zero-order chi connectivity index (χ0) is 27.8. The van der Waals surface area contributed by atoms with Gasteiger partial charge in [0.15, 0.2) is 0 Å². The molecule has 0 spiro atoms. The van der Waals surface area contributed by atoms with Crippen LogP contribution in [0.1, 0.15) is 30.0 Å². The van der Waals surface area contributed by atoms with Gasteiger partial charge < -0.3 is 25.0 Å². The molecule has 0 bridgehead atoms. The van der Waals surface area contributed by atoms with E-state index in [1.807, 2.05) is 6.07 Å². The van der Waals surface area contributed by atoms with E-state index in [4.69, 9.17) is 19.4 Å². The maximum absolute atomic E-state index is 5.76. The van der Waals surface area contributed by atoms with E-state index in [9.17, 15) is 0 Å². The quantitative estimate of drug-likeness (QED) is 0.211. The molecule has 1 saturated heterocycles. The van der Waals surface area contributed by atoms with Gasteiger partial charge in [0.25, 0.3) is 0 Å². The number of hydrogen-bond acceptors (Lipinski definition) is 8. The molecular weight excluding hydrogens is 587 g/mol. The van der Waals surface area contributed by atoms with Crippen LogP contribution in [-0.2, 0) is 4.74 Å². The molecule has 208 valence electrons. The summed E-state index contributed by atoms with van der Waals surface area (Å²) in [7, 11) is 1.30. The first kappa shape index (κ1) is 27.2. The molecule has 2 aromatic heterocycles. The van der Waals surface area contributed by atoms with Crippen LogP contribution < -0.4 is 25.6 Å². The van der Waals surface area contributed by atoms with E-state index in [2.05, 4.69) is 87.0 Å². The number of anilines is 5. The largest absolute Gasteiger partial charge is 0.495 e. The van der Waals surface area contributed by atoms with Gasteiger partial charge in [0, 0.05) is 59.0 Å². The molecule has 0 atom stereocenters. The minimum absolute atomic E-state index is 0.400. The monoisotopic (exact) mass is 620 g/mol. The molecule has 2 fully saturated rings. The number of rotatable bonds is 8. The number of morpholine rings is 1. The lowest BCUT2D eigenvalue weighted by Crippen LogP contribution is -2.36. The van der Waals surface area contributed by atoms with Crippen molar-refractivity contribution in [2.45, 2.75) is 25.7 Å². The average Bonchev–Trinajstić information content (AvgIpc) is 3.81. The van der Waals surface area contributed by atoms with E-state index in [0.29, 0.717) is 17.7 Å². The van der Waals surface area contributed by atoms with Gasteiger partial charge >= 0.3 is 0 Å². The third-order valence-electron chi connectivity index (χ3n) is 7.43. The van der Waals surface area contributed by atoms with Gasteiger partial charge in [-0.15, -0.1) is 0 Å². The molecule has 1 saturated carbocycles. The smallest absolute Gasteiger partial charge is 0.229 e. The molecule has 10 heteroatoms. The number of nitrogens with zero attached hydrogens (tertiary/aromatic N) is 4. The number of methoxy groups -OCH3 is 1. The fourth-order valence-corrected chi connectivity index (χ4v) is 6.75. The van der Waals surface area contributed by atoms with Crippen LogP contribution in [0.2, 0.25) is 0 Å². The number of aryl methyl sites for hydroxylation is 1. The first-order valence-corrected chi connectivity index (χ1v) is 16.6. The Bertz CT molecular complexity index is 1560. The molecule has 3 heterocycles. The summed E-state index contributed by atoms with van der Waals surface area (Å²) in [6.07, 6.45) is 4.28. The Kier molecular flexibility index (Phi) is 7.80. The minimum Gasteiger partial charge on any atom is -0.495 e. The van der Waals surface area contributed by atoms with Crippen LogP contribution >= 0.6 is 23.9 Å². The van der Waals surface area contributed by atoms with E-state index in [-0.39, 0.29) is 0 Å². The van der Waals surface area contributed by atoms with Crippen LogP contribution in [-0.4, -0.2) is 61.7 Å². The molecule has 6 rings (SSSR count). The van der Waals surface area contributed by atoms with Gasteiger partial charge in [0.05, 0.1) is 36.0 Å². The van der Waals surface area contributed by atoms with Crippen LogP contribution in [0, 0.1) is 6.92 Å². The van der Waals surface area contributed by atoms with Crippen molar-refractivity contribution < 1.29 is 9.47 Å². The lowest BCUT2D eigenvalue weighted by molar-refractivity contribution is 0.122. The van der Waals surface area contributed by atoms with Gasteiger partial charge in [-0.2, -0.15) is 4.98 Å². The minimum atomic E-state index is -0.400. The third kappa shape index (κ3) is 5.60. The molecule has 0 amide bonds. The van der Waals surface area contributed by atoms with Crippen molar-refractivity contribution in [2.75, 3.05) is 62.3 Å². The summed E-state index contributed by atoms with van der Waals surface area (Å²) in [6.45, 7) is 9.78. The van der Waals surface area contributed by atoms with E-state index in [1.54, 1.807) is 13.3 Å². The molecular formula is C30H34BrN6O2P. The summed E-state index contributed by atoms with van der Waals surface area (Å²) in [4.78, 5) is 16.7. The third-order valence-corrected chi connectivity index (χ3v) is 9.39. The molecule has 1 aliphatic heterocycles. The summed E-state index contributed by atoms with van der Waals surface area (Å²) >= 11 is 3.65. The van der Waals surface area contributed by atoms with E-state index >= 15 is 0 Å². The second-order valence-corrected chi connectivity index (χ2v) is 13.6. The maximum Gasteiger partial charge on any atom is 0.229 e. The normalized spacial score (nSPS) is 15.5. The van der Waals surface area contributed by atoms with Gasteiger partial charge in [0.2, 0.25) is 5.95 Å². The second-order valence-electron chi connectivity index (χ2n) is 10.5. The highest BCUT2D eigenvalue weighted by Crippen LogP contribution is 2.41. The van der Waals surface area contributed by atoms with Crippen LogP contribution in [0.5, 0.6) is 5.75 Å². The Morgan fingerprint density at radius 1 is 1.02 bits per heavy atom. The number of nitrogens with one attached hydrogen (secondary N) is 2. The number of pyridine rings is 1. The molecule has 2 aliphatic rings. The van der Waals surface area contributed by atoms with Crippen molar-refractivity contribution in [1.29, 1.82) is 0 Å². The average molecular weight is 622 g/mol. The highest BCUT2D eigenvalue weighted by molar-refractivity contribution is 9.10. The van der Waals surface area contributed by atoms with Gasteiger partial charge in [-0.3, -0.25) is 4.98 Å². The fraction of sp³-hybridized carbons (Fsp3) is 0.367. The first-order valence-electron chi connectivity index (χ1n) is 13.6. The van der Waals surface area contributed by atoms with Crippen molar-refractivity contribution in [3.8, 4) is 5.75 Å². The Balaban J connectivity index is 1.29. The van der Waals surface area contributed by atoms with Crippen LogP contribution in [0.4, 0.5) is 28.8 Å². The Labute approximate surface area is 244 Å². The highest BCUT2D eigenvalue weighted by Gasteiger charge is 2.25. The highest BCUT2D eigenvalue weighted by atomic mass is 79.9. The number of ether oxygens (including phenoxy) is 2. The van der Waals surface area contributed by atoms with Gasteiger partial charge in [0.1, 0.15) is 11.6 Å². The summed E-state index contributed by atoms with van der Waals surface area (Å²) in [5.74, 6) is 2.65. The topological polar surface area (TPSA) is 84.4 Å². The Morgan fingerprint density at radius 2 is 1.82 bits per heavy atom. The summed E-state index contributed by atoms with van der Waals surface area (Å²) in [5, 5.41) is 9.49. The lowest BCUT2D eigenvalue weighted by atomic mass is 10.1. The van der Waals surface area contributed by atoms with Gasteiger partial charge in [-0.25, -0.2) is 4.98 Å². The van der Waals surface area contributed by atoms with Crippen molar-refractivity contribution in [1.82, 2.24) is 15.0 Å². The standard InChI is InChI=1S/C30H34BrN6O2P/c1-18-15-26(37-11-13-39-14-12-37)27(38-2)16-25(18)35-30-32-17-21(31)29(36-30)34-24-10-9-23-20(28(24)40(3)4)7-8-22(33-23)19-5-6-19/h7-10,15-17,19H,5-6,11-14H2,1-4H3,(H2,32,34,35,36). The zero-order valence-corrected chi connectivity index (χ0v) is 25.8. The number of fused-ring (bicyclic) bond motifs is 1. The molecule has 4 aromatic rings. The summed E-state index contributed by atoms with van der Waals surface area (Å²) in [6, 6.07) is 12.9. The van der Waals surface area contributed by atoms with E-state index in [1.165, 1.54) is 29.2 Å². The molecule has 1 aliphatic carbocycles. The molecule has 2 aromatic carbocycles. The van der Waals surface area contributed by atoms with Crippen molar-refractivity contribution in [2.24, 2.45) is 0 Å². The second kappa shape index (κ2) is 11.5. The predicted octanol–water partition coefficient (Wildman–Crippen LogP) is 6.67. The zero-order valence-electron chi connectivity index (χ0n) is 23.3. The number of aromatic nitrogens is 3. The maximum atomic E-state index is 5.76. The van der Waals surface area contributed by atoms with Gasteiger partial charge in [-0.1, -0.05) is 14.0 Å². The summed E-state index contributed by atoms with van der Waals surface area (Å²) in [5.41, 5.74) is 6.39. The Hall–Kier alpha value is -3.00. The van der Waals surface area contributed by atoms with Crippen LogP contribution in [0.25, 0.3) is 10.9 Å². The number of benzene rings is 2. The van der Waals surface area contributed by atoms with Gasteiger partial charge in [-0.05, 0) is 78.9 Å². The van der Waals surface area contributed by atoms with Crippen molar-refractivity contribution >= 4 is 68.9 Å². The molecule has 0 unspecified atom stereocenters. The number of halogens is 1. The van der Waals surface area contributed by atoms with E-state index in [0.717, 1.165) is 64.7 Å². The van der Waals surface area contributed by atoms with Crippen molar-refractivity contribution in [3.63, 3.8) is 0 Å². The molecule has 8 nitrogen and oxygen atoms in total. The van der Waals surface area contributed by atoms with Crippen LogP contribution in [0.15, 0.2) is 47.1 Å². The van der Waals surface area contributed by atoms with Crippen molar-refractivity contribution in [3.05, 3.63) is 58.3 Å². The number of hydrogen-bond donors (Lipinski definition) is 2. The van der Waals surface area contributed by atoms with E-state index < -0.39 is 7.92 Å².